The van der Waals surface area contributed by atoms with E-state index < -0.39 is 23.8 Å². The van der Waals surface area contributed by atoms with Crippen LogP contribution in [0.2, 0.25) is 0 Å². The third kappa shape index (κ3) is 6.72. The number of hydrogen-bond donors (Lipinski definition) is 1. The summed E-state index contributed by atoms with van der Waals surface area (Å²) < 4.78 is 5.75. The molecule has 6 nitrogen and oxygen atoms in total. The van der Waals surface area contributed by atoms with Crippen LogP contribution in [0.1, 0.15) is 50.7 Å². The largest absolute Gasteiger partial charge is 0.489 e. The minimum Gasteiger partial charge on any atom is -0.489 e. The van der Waals surface area contributed by atoms with Crippen LogP contribution in [0.25, 0.3) is 0 Å². The van der Waals surface area contributed by atoms with Crippen LogP contribution in [-0.2, 0) is 27.4 Å². The first-order chi connectivity index (χ1) is 14.5. The van der Waals surface area contributed by atoms with E-state index in [0.29, 0.717) is 30.8 Å². The minimum atomic E-state index is -1.22. The monoisotopic (exact) mass is 411 g/mol. The molecule has 30 heavy (non-hydrogen) atoms. The lowest BCUT2D eigenvalue weighted by atomic mass is 10.0. The van der Waals surface area contributed by atoms with Crippen molar-refractivity contribution >= 4 is 17.8 Å². The molecule has 2 amide bonds. The summed E-state index contributed by atoms with van der Waals surface area (Å²) in [5, 5.41) is 9.73. The highest BCUT2D eigenvalue weighted by Gasteiger charge is 2.33. The maximum absolute atomic E-state index is 12.5. The maximum Gasteiger partial charge on any atom is 0.327 e. The fourth-order valence-corrected chi connectivity index (χ4v) is 3.13. The molecule has 0 heterocycles. The van der Waals surface area contributed by atoms with Gasteiger partial charge in [-0.15, -0.1) is 0 Å². The fraction of sp³-hybridized carbons (Fsp3) is 0.375. The molecule has 2 rings (SSSR count). The summed E-state index contributed by atoms with van der Waals surface area (Å²) in [6, 6.07) is 15.6. The number of carboxylic acids is 1. The zero-order valence-electron chi connectivity index (χ0n) is 17.5. The van der Waals surface area contributed by atoms with E-state index in [2.05, 4.69) is 0 Å². The Hall–Kier alpha value is -3.15. The highest BCUT2D eigenvalue weighted by Crippen LogP contribution is 2.18. The lowest BCUT2D eigenvalue weighted by Gasteiger charge is -2.27. The van der Waals surface area contributed by atoms with Crippen molar-refractivity contribution < 1.29 is 24.2 Å². The molecule has 0 aliphatic heterocycles. The third-order valence-electron chi connectivity index (χ3n) is 4.66. The second-order valence-electron chi connectivity index (χ2n) is 7.13. The molecule has 1 N–H and O–H groups in total. The molecule has 0 radical (unpaired) electrons. The molecule has 0 fully saturated rings. The van der Waals surface area contributed by atoms with Gasteiger partial charge in [0, 0.05) is 19.3 Å². The van der Waals surface area contributed by atoms with Crippen LogP contribution in [0.3, 0.4) is 0 Å². The van der Waals surface area contributed by atoms with E-state index in [0.717, 1.165) is 10.5 Å². The first kappa shape index (κ1) is 23.1. The lowest BCUT2D eigenvalue weighted by Crippen LogP contribution is -2.49. The number of amides is 2. The minimum absolute atomic E-state index is 0.0548. The second kappa shape index (κ2) is 11.8. The van der Waals surface area contributed by atoms with Crippen molar-refractivity contribution in [2.24, 2.45) is 0 Å². The van der Waals surface area contributed by atoms with E-state index >= 15 is 0 Å². The van der Waals surface area contributed by atoms with Gasteiger partial charge in [-0.05, 0) is 36.1 Å². The maximum atomic E-state index is 12.5. The lowest BCUT2D eigenvalue weighted by molar-refractivity contribution is -0.158. The number of ether oxygens (including phenoxy) is 1. The molecular formula is C24H29NO5. The van der Waals surface area contributed by atoms with Crippen LogP contribution < -0.4 is 4.74 Å². The van der Waals surface area contributed by atoms with E-state index in [1.54, 1.807) is 24.3 Å². The Morgan fingerprint density at radius 2 is 1.43 bits per heavy atom. The number of aliphatic carboxylic acids is 1. The Kier molecular flexibility index (Phi) is 9.06. The molecule has 0 aliphatic carbocycles. The van der Waals surface area contributed by atoms with Gasteiger partial charge in [-0.2, -0.15) is 0 Å². The Bertz CT molecular complexity index is 814. The first-order valence-electron chi connectivity index (χ1n) is 10.3. The molecule has 0 bridgehead atoms. The predicted molar refractivity (Wildman–Crippen MR) is 114 cm³/mol. The van der Waals surface area contributed by atoms with Gasteiger partial charge in [-0.1, -0.05) is 56.3 Å². The number of carbonyl (C=O) groups is 3. The van der Waals surface area contributed by atoms with Crippen molar-refractivity contribution in [2.45, 2.75) is 58.6 Å². The highest BCUT2D eigenvalue weighted by atomic mass is 16.5. The third-order valence-corrected chi connectivity index (χ3v) is 4.66. The number of carboxylic acid groups (broad SMARTS) is 1. The van der Waals surface area contributed by atoms with Gasteiger partial charge >= 0.3 is 5.97 Å². The second-order valence-corrected chi connectivity index (χ2v) is 7.13. The van der Waals surface area contributed by atoms with E-state index in [4.69, 9.17) is 4.74 Å². The molecule has 0 unspecified atom stereocenters. The Balaban J connectivity index is 2.11. The first-order valence-corrected chi connectivity index (χ1v) is 10.3. The predicted octanol–water partition coefficient (Wildman–Crippen LogP) is 4.22. The van der Waals surface area contributed by atoms with Crippen molar-refractivity contribution in [2.75, 3.05) is 0 Å². The van der Waals surface area contributed by atoms with E-state index in [1.807, 2.05) is 44.2 Å². The summed E-state index contributed by atoms with van der Waals surface area (Å²) >= 11 is 0. The fourth-order valence-electron chi connectivity index (χ4n) is 3.13. The van der Waals surface area contributed by atoms with E-state index in [-0.39, 0.29) is 19.3 Å². The van der Waals surface area contributed by atoms with Crippen molar-refractivity contribution in [3.8, 4) is 5.75 Å². The summed E-state index contributed by atoms with van der Waals surface area (Å²) in [6.45, 7) is 4.08. The average Bonchev–Trinajstić information content (AvgIpc) is 2.74. The molecular weight excluding hydrogens is 382 g/mol. The number of imide groups is 1. The standard InChI is InChI=1S/C24H29NO5/c1-3-8-22(26)25(23(27)9-4-2)21(24(28)29)16-18-12-14-20(15-13-18)30-17-19-10-6-5-7-11-19/h5-7,10-15,21H,3-4,8-9,16-17H2,1-2H3,(H,28,29)/t21-/m0/s1. The molecule has 6 heteroatoms. The van der Waals surface area contributed by atoms with Crippen LogP contribution >= 0.6 is 0 Å². The number of nitrogens with zero attached hydrogens (tertiary/aromatic N) is 1. The van der Waals surface area contributed by atoms with Crippen molar-refractivity contribution in [1.82, 2.24) is 4.90 Å². The van der Waals surface area contributed by atoms with Crippen LogP contribution in [0, 0.1) is 0 Å². The van der Waals surface area contributed by atoms with E-state index in [9.17, 15) is 19.5 Å². The number of benzene rings is 2. The van der Waals surface area contributed by atoms with Gasteiger partial charge in [0.1, 0.15) is 18.4 Å². The SMILES string of the molecule is CCCC(=O)N(C(=O)CCC)[C@@H](Cc1ccc(OCc2ccccc2)cc1)C(=O)O. The normalized spacial score (nSPS) is 11.5. The van der Waals surface area contributed by atoms with Crippen molar-refractivity contribution in [3.05, 3.63) is 65.7 Å². The van der Waals surface area contributed by atoms with Gasteiger partial charge in [0.15, 0.2) is 0 Å². The quantitative estimate of drug-likeness (QED) is 0.599. The average molecular weight is 411 g/mol. The number of hydrogen-bond acceptors (Lipinski definition) is 4. The van der Waals surface area contributed by atoms with Crippen LogP contribution in [0.15, 0.2) is 54.6 Å². The summed E-state index contributed by atoms with van der Waals surface area (Å²) in [4.78, 5) is 37.8. The summed E-state index contributed by atoms with van der Waals surface area (Å²) in [5.41, 5.74) is 1.76. The Labute approximate surface area is 177 Å². The van der Waals surface area contributed by atoms with Crippen molar-refractivity contribution in [3.63, 3.8) is 0 Å². The molecule has 0 saturated carbocycles. The molecule has 0 spiro atoms. The summed E-state index contributed by atoms with van der Waals surface area (Å²) in [7, 11) is 0. The Morgan fingerprint density at radius 1 is 0.867 bits per heavy atom. The smallest absolute Gasteiger partial charge is 0.327 e. The molecule has 160 valence electrons. The van der Waals surface area contributed by atoms with Gasteiger partial charge < -0.3 is 9.84 Å². The van der Waals surface area contributed by atoms with Crippen molar-refractivity contribution in [1.29, 1.82) is 0 Å². The van der Waals surface area contributed by atoms with Gasteiger partial charge in [-0.25, -0.2) is 4.79 Å². The molecule has 0 aliphatic rings. The number of carbonyl (C=O) groups excluding carboxylic acids is 2. The molecule has 0 aromatic heterocycles. The molecule has 0 saturated heterocycles. The molecule has 2 aromatic rings. The molecule has 2 aromatic carbocycles. The molecule has 1 atom stereocenters. The number of rotatable bonds is 11. The summed E-state index contributed by atoms with van der Waals surface area (Å²) in [6.07, 6.45) is 1.44. The van der Waals surface area contributed by atoms with Crippen LogP contribution in [0.4, 0.5) is 0 Å². The van der Waals surface area contributed by atoms with Crippen LogP contribution in [-0.4, -0.2) is 33.8 Å². The van der Waals surface area contributed by atoms with E-state index in [1.165, 1.54) is 0 Å². The van der Waals surface area contributed by atoms with Gasteiger partial charge in [-0.3, -0.25) is 14.5 Å². The zero-order chi connectivity index (χ0) is 21.9. The zero-order valence-corrected chi connectivity index (χ0v) is 17.5. The van der Waals surface area contributed by atoms with Crippen LogP contribution in [0.5, 0.6) is 5.75 Å². The summed E-state index contributed by atoms with van der Waals surface area (Å²) in [5.74, 6) is -1.40. The topological polar surface area (TPSA) is 83.9 Å². The Morgan fingerprint density at radius 3 is 1.93 bits per heavy atom. The van der Waals surface area contributed by atoms with Gasteiger partial charge in [0.05, 0.1) is 0 Å². The highest BCUT2D eigenvalue weighted by molar-refractivity contribution is 5.99. The van der Waals surface area contributed by atoms with Gasteiger partial charge in [0.2, 0.25) is 11.8 Å². The van der Waals surface area contributed by atoms with Gasteiger partial charge in [0.25, 0.3) is 0 Å².